The summed E-state index contributed by atoms with van der Waals surface area (Å²) in [6.07, 6.45) is 19.9. The van der Waals surface area contributed by atoms with Crippen molar-refractivity contribution in [3.05, 3.63) is 35.9 Å². The molecule has 0 saturated heterocycles. The molecule has 1 atom stereocenters. The Bertz CT molecular complexity index is 580. The minimum absolute atomic E-state index is 0. The third-order valence-corrected chi connectivity index (χ3v) is 5.91. The normalized spacial score (nSPS) is 11.5. The molecular formula is C27H44NNaO3. The fourth-order valence-electron chi connectivity index (χ4n) is 3.97. The van der Waals surface area contributed by atoms with Crippen molar-refractivity contribution in [1.29, 1.82) is 0 Å². The molecule has 1 aromatic carbocycles. The van der Waals surface area contributed by atoms with E-state index in [9.17, 15) is 14.7 Å². The first-order valence-electron chi connectivity index (χ1n) is 12.7. The SMILES string of the molecule is CCCCCCCCCCCCCCCCCC(=O)N[C@@H](Cc1ccccc1)C(=O)[O-].[Na+]. The summed E-state index contributed by atoms with van der Waals surface area (Å²) in [5.74, 6) is -1.42. The van der Waals surface area contributed by atoms with Gasteiger partial charge in [0.05, 0.1) is 12.0 Å². The van der Waals surface area contributed by atoms with Crippen LogP contribution in [0.25, 0.3) is 0 Å². The largest absolute Gasteiger partial charge is 1.00 e. The Balaban J connectivity index is 0.00000961. The van der Waals surface area contributed by atoms with Crippen LogP contribution in [-0.2, 0) is 16.0 Å². The average Bonchev–Trinajstić information content (AvgIpc) is 2.76. The number of unbranched alkanes of at least 4 members (excludes halogenated alkanes) is 14. The van der Waals surface area contributed by atoms with Crippen LogP contribution < -0.4 is 40.0 Å². The second kappa shape index (κ2) is 22.0. The van der Waals surface area contributed by atoms with Gasteiger partial charge in [0.25, 0.3) is 0 Å². The summed E-state index contributed by atoms with van der Waals surface area (Å²) in [6.45, 7) is 2.26. The molecule has 1 N–H and O–H groups in total. The number of carbonyl (C=O) groups is 2. The monoisotopic (exact) mass is 453 g/mol. The molecule has 0 bridgehead atoms. The molecule has 1 aromatic rings. The van der Waals surface area contributed by atoms with Crippen molar-refractivity contribution >= 4 is 11.9 Å². The second-order valence-corrected chi connectivity index (χ2v) is 8.83. The number of nitrogens with one attached hydrogen (secondary N) is 1. The first kappa shape index (κ1) is 31.2. The predicted octanol–water partition coefficient (Wildman–Crippen LogP) is 2.73. The van der Waals surface area contributed by atoms with Crippen molar-refractivity contribution in [1.82, 2.24) is 5.32 Å². The molecule has 0 aliphatic heterocycles. The van der Waals surface area contributed by atoms with E-state index in [0.717, 1.165) is 24.8 Å². The molecule has 0 spiro atoms. The summed E-state index contributed by atoms with van der Waals surface area (Å²) in [7, 11) is 0. The van der Waals surface area contributed by atoms with E-state index in [-0.39, 0.29) is 41.9 Å². The van der Waals surface area contributed by atoms with Crippen LogP contribution in [0.4, 0.5) is 0 Å². The van der Waals surface area contributed by atoms with Crippen LogP contribution in [0.3, 0.4) is 0 Å². The number of carboxylic acids is 1. The van der Waals surface area contributed by atoms with Crippen LogP contribution >= 0.6 is 0 Å². The van der Waals surface area contributed by atoms with Crippen LogP contribution in [0.5, 0.6) is 0 Å². The Labute approximate surface area is 218 Å². The van der Waals surface area contributed by atoms with Crippen molar-refractivity contribution in [3.8, 4) is 0 Å². The van der Waals surface area contributed by atoms with Crippen molar-refractivity contribution in [2.24, 2.45) is 0 Å². The maximum atomic E-state index is 12.1. The van der Waals surface area contributed by atoms with Gasteiger partial charge in [-0.2, -0.15) is 0 Å². The molecule has 0 unspecified atom stereocenters. The van der Waals surface area contributed by atoms with Crippen LogP contribution in [0.1, 0.15) is 115 Å². The fraction of sp³-hybridized carbons (Fsp3) is 0.704. The van der Waals surface area contributed by atoms with Gasteiger partial charge in [-0.05, 0) is 18.4 Å². The van der Waals surface area contributed by atoms with Gasteiger partial charge >= 0.3 is 29.6 Å². The molecule has 0 heterocycles. The van der Waals surface area contributed by atoms with Gasteiger partial charge in [0.15, 0.2) is 0 Å². The van der Waals surface area contributed by atoms with Crippen molar-refractivity contribution in [2.45, 2.75) is 122 Å². The minimum Gasteiger partial charge on any atom is -0.548 e. The van der Waals surface area contributed by atoms with Crippen molar-refractivity contribution in [3.63, 3.8) is 0 Å². The maximum Gasteiger partial charge on any atom is 1.00 e. The van der Waals surface area contributed by atoms with Crippen LogP contribution in [0.15, 0.2) is 30.3 Å². The zero-order valence-electron chi connectivity index (χ0n) is 20.7. The number of aliphatic carboxylic acids is 1. The van der Waals surface area contributed by atoms with Gasteiger partial charge in [0, 0.05) is 6.42 Å². The summed E-state index contributed by atoms with van der Waals surface area (Å²) < 4.78 is 0. The first-order chi connectivity index (χ1) is 15.1. The number of rotatable bonds is 20. The van der Waals surface area contributed by atoms with Gasteiger partial charge < -0.3 is 15.2 Å². The zero-order valence-corrected chi connectivity index (χ0v) is 22.7. The summed E-state index contributed by atoms with van der Waals surface area (Å²) in [4.78, 5) is 23.4. The number of hydrogen-bond donors (Lipinski definition) is 1. The predicted molar refractivity (Wildman–Crippen MR) is 127 cm³/mol. The Morgan fingerprint density at radius 2 is 1.19 bits per heavy atom. The van der Waals surface area contributed by atoms with Gasteiger partial charge in [0.2, 0.25) is 5.91 Å². The number of benzene rings is 1. The van der Waals surface area contributed by atoms with Gasteiger partial charge in [-0.1, -0.05) is 127 Å². The molecule has 1 rings (SSSR count). The first-order valence-corrected chi connectivity index (χ1v) is 12.7. The van der Waals surface area contributed by atoms with Gasteiger partial charge in [-0.15, -0.1) is 0 Å². The van der Waals surface area contributed by atoms with Crippen molar-refractivity contribution in [2.75, 3.05) is 0 Å². The smallest absolute Gasteiger partial charge is 0.548 e. The van der Waals surface area contributed by atoms with E-state index in [2.05, 4.69) is 12.2 Å². The van der Waals surface area contributed by atoms with E-state index in [0.29, 0.717) is 6.42 Å². The molecule has 4 nitrogen and oxygen atoms in total. The molecule has 0 aromatic heterocycles. The van der Waals surface area contributed by atoms with E-state index in [1.807, 2.05) is 30.3 Å². The van der Waals surface area contributed by atoms with E-state index in [1.54, 1.807) is 0 Å². The number of carboxylic acid groups (broad SMARTS) is 1. The van der Waals surface area contributed by atoms with Gasteiger partial charge in [-0.25, -0.2) is 0 Å². The van der Waals surface area contributed by atoms with Crippen molar-refractivity contribution < 1.29 is 44.3 Å². The Morgan fingerprint density at radius 1 is 0.750 bits per heavy atom. The molecule has 32 heavy (non-hydrogen) atoms. The van der Waals surface area contributed by atoms with E-state index < -0.39 is 12.0 Å². The molecule has 0 saturated carbocycles. The summed E-state index contributed by atoms with van der Waals surface area (Å²) >= 11 is 0. The Kier molecular flexibility index (Phi) is 21.4. The second-order valence-electron chi connectivity index (χ2n) is 8.83. The van der Waals surface area contributed by atoms with Crippen LogP contribution in [0.2, 0.25) is 0 Å². The zero-order chi connectivity index (χ0) is 22.6. The number of hydrogen-bond acceptors (Lipinski definition) is 3. The summed E-state index contributed by atoms with van der Waals surface area (Å²) in [5, 5.41) is 13.9. The third-order valence-electron chi connectivity index (χ3n) is 5.91. The molecular weight excluding hydrogens is 409 g/mol. The molecule has 0 aliphatic rings. The quantitative estimate of drug-likeness (QED) is 0.244. The van der Waals surface area contributed by atoms with E-state index >= 15 is 0 Å². The van der Waals surface area contributed by atoms with Crippen LogP contribution in [-0.4, -0.2) is 17.9 Å². The van der Waals surface area contributed by atoms with Gasteiger partial charge in [-0.3, -0.25) is 4.79 Å². The summed E-state index contributed by atoms with van der Waals surface area (Å²) in [5.41, 5.74) is 0.879. The molecule has 0 fully saturated rings. The topological polar surface area (TPSA) is 69.2 Å². The number of carbonyl (C=O) groups excluding carboxylic acids is 2. The van der Waals surface area contributed by atoms with Crippen LogP contribution in [0, 0.1) is 0 Å². The average molecular weight is 454 g/mol. The molecule has 5 heteroatoms. The molecule has 0 aliphatic carbocycles. The molecule has 0 radical (unpaired) electrons. The Morgan fingerprint density at radius 3 is 1.62 bits per heavy atom. The van der Waals surface area contributed by atoms with E-state index in [1.165, 1.54) is 77.0 Å². The Hall–Kier alpha value is -0.840. The fourth-order valence-corrected chi connectivity index (χ4v) is 3.97. The maximum absolute atomic E-state index is 12.1. The number of amides is 1. The summed E-state index contributed by atoms with van der Waals surface area (Å²) in [6, 6.07) is 8.35. The third kappa shape index (κ3) is 17.7. The molecule has 176 valence electrons. The standard InChI is InChI=1S/C27H45NO3.Na/c1-2-3-4-5-6-7-8-9-10-11-12-13-14-15-19-22-26(29)28-25(27(30)31)23-24-20-17-16-18-21-24;/h16-18,20-21,25H,2-15,19,22-23H2,1H3,(H,28,29)(H,30,31);/q;+1/p-1/t25-;/m0./s1. The minimum atomic E-state index is -1.23. The van der Waals surface area contributed by atoms with E-state index in [4.69, 9.17) is 0 Å². The van der Waals surface area contributed by atoms with Gasteiger partial charge in [0.1, 0.15) is 0 Å². The molecule has 1 amide bonds.